The van der Waals surface area contributed by atoms with E-state index in [-0.39, 0.29) is 11.4 Å². The molecule has 0 bridgehead atoms. The van der Waals surface area contributed by atoms with Gasteiger partial charge in [-0.15, -0.1) is 0 Å². The van der Waals surface area contributed by atoms with E-state index in [0.717, 1.165) is 10.9 Å². The van der Waals surface area contributed by atoms with Crippen molar-refractivity contribution >= 4 is 16.7 Å². The van der Waals surface area contributed by atoms with Crippen molar-refractivity contribution in [3.8, 4) is 5.75 Å². The Balaban J connectivity index is 3.03. The van der Waals surface area contributed by atoms with Crippen LogP contribution in [0.15, 0.2) is 15.3 Å². The van der Waals surface area contributed by atoms with Gasteiger partial charge in [0.05, 0.1) is 5.69 Å². The molecule has 0 atom stereocenters. The molecule has 0 fully saturated rings. The van der Waals surface area contributed by atoms with E-state index in [0.29, 0.717) is 28.8 Å². The molecule has 17 heavy (non-hydrogen) atoms. The SMILES string of the molecule is CCc1c(C)c2cc(N)c(O)c(C)c2oc1=O. The second-order valence-electron chi connectivity index (χ2n) is 4.16. The van der Waals surface area contributed by atoms with E-state index < -0.39 is 0 Å². The first-order chi connectivity index (χ1) is 7.97. The van der Waals surface area contributed by atoms with Crippen molar-refractivity contribution < 1.29 is 9.52 Å². The predicted octanol–water partition coefficient (Wildman–Crippen LogP) is 2.26. The summed E-state index contributed by atoms with van der Waals surface area (Å²) >= 11 is 0. The summed E-state index contributed by atoms with van der Waals surface area (Å²) in [6, 6.07) is 1.65. The van der Waals surface area contributed by atoms with Crippen LogP contribution >= 0.6 is 0 Å². The molecule has 0 aliphatic rings. The van der Waals surface area contributed by atoms with Crippen LogP contribution < -0.4 is 11.4 Å². The smallest absolute Gasteiger partial charge is 0.339 e. The van der Waals surface area contributed by atoms with Crippen molar-refractivity contribution in [3.63, 3.8) is 0 Å². The summed E-state index contributed by atoms with van der Waals surface area (Å²) in [4.78, 5) is 11.8. The third-order valence-corrected chi connectivity index (χ3v) is 3.17. The topological polar surface area (TPSA) is 76.5 Å². The lowest BCUT2D eigenvalue weighted by Crippen LogP contribution is -2.09. The maximum Gasteiger partial charge on any atom is 0.339 e. The second-order valence-corrected chi connectivity index (χ2v) is 4.16. The number of nitrogens with two attached hydrogens (primary N) is 1. The lowest BCUT2D eigenvalue weighted by Gasteiger charge is -2.10. The lowest BCUT2D eigenvalue weighted by molar-refractivity contribution is 0.470. The summed E-state index contributed by atoms with van der Waals surface area (Å²) < 4.78 is 5.26. The molecule has 0 amide bonds. The molecule has 2 rings (SSSR count). The highest BCUT2D eigenvalue weighted by Crippen LogP contribution is 2.33. The van der Waals surface area contributed by atoms with Crippen molar-refractivity contribution in [2.24, 2.45) is 0 Å². The number of phenolic OH excluding ortho intramolecular Hbond substituents is 1. The Labute approximate surface area is 98.7 Å². The van der Waals surface area contributed by atoms with Crippen molar-refractivity contribution in [2.45, 2.75) is 27.2 Å². The predicted molar refractivity (Wildman–Crippen MR) is 67.4 cm³/mol. The van der Waals surface area contributed by atoms with Gasteiger partial charge in [0, 0.05) is 16.5 Å². The number of hydrogen-bond acceptors (Lipinski definition) is 4. The number of rotatable bonds is 1. The van der Waals surface area contributed by atoms with E-state index in [1.54, 1.807) is 13.0 Å². The van der Waals surface area contributed by atoms with Gasteiger partial charge in [-0.3, -0.25) is 0 Å². The van der Waals surface area contributed by atoms with E-state index in [4.69, 9.17) is 10.2 Å². The monoisotopic (exact) mass is 233 g/mol. The van der Waals surface area contributed by atoms with E-state index >= 15 is 0 Å². The standard InChI is InChI=1S/C13H15NO3/c1-4-8-6(2)9-5-10(14)11(15)7(3)12(9)17-13(8)16/h5,15H,4,14H2,1-3H3. The molecule has 0 radical (unpaired) electrons. The first kappa shape index (κ1) is 11.5. The van der Waals surface area contributed by atoms with Crippen molar-refractivity contribution in [2.75, 3.05) is 5.73 Å². The van der Waals surface area contributed by atoms with E-state index in [2.05, 4.69) is 0 Å². The first-order valence-electron chi connectivity index (χ1n) is 5.51. The third kappa shape index (κ3) is 1.56. The number of hydrogen-bond donors (Lipinski definition) is 2. The van der Waals surface area contributed by atoms with Crippen LogP contribution in [0.4, 0.5) is 5.69 Å². The normalized spacial score (nSPS) is 11.0. The average molecular weight is 233 g/mol. The number of nitrogen functional groups attached to an aromatic ring is 1. The largest absolute Gasteiger partial charge is 0.505 e. The van der Waals surface area contributed by atoms with Gasteiger partial charge in [0.2, 0.25) is 0 Å². The molecular formula is C13H15NO3. The lowest BCUT2D eigenvalue weighted by atomic mass is 10.0. The van der Waals surface area contributed by atoms with Crippen molar-refractivity contribution in [1.29, 1.82) is 0 Å². The first-order valence-corrected chi connectivity index (χ1v) is 5.51. The van der Waals surface area contributed by atoms with Gasteiger partial charge < -0.3 is 15.3 Å². The highest BCUT2D eigenvalue weighted by Gasteiger charge is 2.15. The minimum Gasteiger partial charge on any atom is -0.505 e. The van der Waals surface area contributed by atoms with E-state index in [9.17, 15) is 9.90 Å². The molecule has 0 saturated heterocycles. The minimum atomic E-state index is -0.343. The Bertz CT molecular complexity index is 656. The summed E-state index contributed by atoms with van der Waals surface area (Å²) in [5, 5.41) is 10.5. The molecule has 2 aromatic rings. The highest BCUT2D eigenvalue weighted by molar-refractivity contribution is 5.90. The van der Waals surface area contributed by atoms with Gasteiger partial charge in [0.1, 0.15) is 11.3 Å². The van der Waals surface area contributed by atoms with Crippen LogP contribution in [0.25, 0.3) is 11.0 Å². The maximum atomic E-state index is 11.8. The number of aromatic hydroxyl groups is 1. The van der Waals surface area contributed by atoms with Gasteiger partial charge in [-0.05, 0) is 31.9 Å². The maximum absolute atomic E-state index is 11.8. The zero-order valence-electron chi connectivity index (χ0n) is 10.1. The zero-order valence-corrected chi connectivity index (χ0v) is 10.1. The summed E-state index contributed by atoms with van der Waals surface area (Å²) in [6.07, 6.45) is 0.615. The van der Waals surface area contributed by atoms with Gasteiger partial charge in [-0.1, -0.05) is 6.92 Å². The molecule has 0 saturated carbocycles. The molecular weight excluding hydrogens is 218 g/mol. The van der Waals surface area contributed by atoms with E-state index in [1.807, 2.05) is 13.8 Å². The van der Waals surface area contributed by atoms with Crippen molar-refractivity contribution in [3.05, 3.63) is 33.2 Å². The number of benzene rings is 1. The van der Waals surface area contributed by atoms with Crippen molar-refractivity contribution in [1.82, 2.24) is 0 Å². The molecule has 0 unspecified atom stereocenters. The van der Waals surface area contributed by atoms with Crippen LogP contribution in [0.1, 0.15) is 23.6 Å². The number of aryl methyl sites for hydroxylation is 2. The molecule has 90 valence electrons. The van der Waals surface area contributed by atoms with Gasteiger partial charge in [-0.25, -0.2) is 4.79 Å². The summed E-state index contributed by atoms with van der Waals surface area (Å²) in [7, 11) is 0. The van der Waals surface area contributed by atoms with Gasteiger partial charge in [0.15, 0.2) is 0 Å². The molecule has 0 spiro atoms. The summed E-state index contributed by atoms with van der Waals surface area (Å²) in [5.41, 5.74) is 8.11. The van der Waals surface area contributed by atoms with Gasteiger partial charge in [-0.2, -0.15) is 0 Å². The molecule has 4 heteroatoms. The van der Waals surface area contributed by atoms with Crippen LogP contribution in [0, 0.1) is 13.8 Å². The molecule has 0 aliphatic carbocycles. The van der Waals surface area contributed by atoms with Crippen LogP contribution in [0.5, 0.6) is 5.75 Å². The Hall–Kier alpha value is -1.97. The summed E-state index contributed by atoms with van der Waals surface area (Å²) in [5.74, 6) is -0.0238. The van der Waals surface area contributed by atoms with Crippen LogP contribution in [-0.4, -0.2) is 5.11 Å². The zero-order chi connectivity index (χ0) is 12.7. The molecule has 0 aliphatic heterocycles. The number of fused-ring (bicyclic) bond motifs is 1. The molecule has 1 heterocycles. The van der Waals surface area contributed by atoms with Gasteiger partial charge in [0.25, 0.3) is 0 Å². The Morgan fingerprint density at radius 3 is 2.59 bits per heavy atom. The Kier molecular flexibility index (Phi) is 2.58. The number of phenols is 1. The third-order valence-electron chi connectivity index (χ3n) is 3.17. The Morgan fingerprint density at radius 1 is 1.35 bits per heavy atom. The average Bonchev–Trinajstić information content (AvgIpc) is 2.29. The molecule has 1 aromatic carbocycles. The summed E-state index contributed by atoms with van der Waals surface area (Å²) in [6.45, 7) is 5.46. The fraction of sp³-hybridized carbons (Fsp3) is 0.308. The fourth-order valence-corrected chi connectivity index (χ4v) is 2.10. The van der Waals surface area contributed by atoms with Crippen LogP contribution in [0.2, 0.25) is 0 Å². The second kappa shape index (κ2) is 3.80. The number of anilines is 1. The minimum absolute atomic E-state index is 0.0238. The molecule has 1 aromatic heterocycles. The Morgan fingerprint density at radius 2 is 2.00 bits per heavy atom. The van der Waals surface area contributed by atoms with Crippen LogP contribution in [-0.2, 0) is 6.42 Å². The molecule has 3 N–H and O–H groups in total. The fourth-order valence-electron chi connectivity index (χ4n) is 2.10. The van der Waals surface area contributed by atoms with Crippen LogP contribution in [0.3, 0.4) is 0 Å². The quantitative estimate of drug-likeness (QED) is 0.450. The molecule has 4 nitrogen and oxygen atoms in total. The van der Waals surface area contributed by atoms with E-state index in [1.165, 1.54) is 0 Å². The van der Waals surface area contributed by atoms with Gasteiger partial charge >= 0.3 is 5.63 Å². The highest BCUT2D eigenvalue weighted by atomic mass is 16.4.